The third-order valence-electron chi connectivity index (χ3n) is 2.88. The normalized spacial score (nSPS) is 12.3. The molecule has 2 aromatic rings. The number of nitrogens with two attached hydrogens (primary N) is 1. The number of fused-ring (bicyclic) bond motifs is 1. The maximum Gasteiger partial charge on any atom is 0.134 e. The van der Waals surface area contributed by atoms with Gasteiger partial charge in [0.2, 0.25) is 0 Å². The molecule has 2 N–H and O–H groups in total. The van der Waals surface area contributed by atoms with E-state index < -0.39 is 0 Å². The van der Waals surface area contributed by atoms with E-state index in [1.165, 1.54) is 11.0 Å². The zero-order valence-corrected chi connectivity index (χ0v) is 9.79. The van der Waals surface area contributed by atoms with Crippen LogP contribution in [0, 0.1) is 6.92 Å². The summed E-state index contributed by atoms with van der Waals surface area (Å²) in [4.78, 5) is 0. The lowest BCUT2D eigenvalue weighted by Gasteiger charge is -1.99. The number of para-hydroxylation sites is 1. The summed E-state index contributed by atoms with van der Waals surface area (Å²) in [7, 11) is 0. The number of hydrogen-bond donors (Lipinski definition) is 1. The van der Waals surface area contributed by atoms with Gasteiger partial charge in [0.05, 0.1) is 0 Å². The van der Waals surface area contributed by atoms with Crippen LogP contribution < -0.4 is 5.73 Å². The molecule has 0 aliphatic rings. The first-order valence-corrected chi connectivity index (χ1v) is 5.64. The summed E-state index contributed by atoms with van der Waals surface area (Å²) in [6.07, 6.45) is 3.14. The quantitative estimate of drug-likeness (QED) is 0.851. The summed E-state index contributed by atoms with van der Waals surface area (Å²) in [6.45, 7) is 4.72. The van der Waals surface area contributed by atoms with Crippen molar-refractivity contribution in [3.63, 3.8) is 0 Å². The molecule has 2 rings (SSSR count). The molecule has 0 aliphatic carbocycles. The lowest BCUT2D eigenvalue weighted by molar-refractivity contribution is 0.577. The van der Waals surface area contributed by atoms with Crippen LogP contribution in [0.1, 0.15) is 24.7 Å². The minimum atomic E-state index is 0.607. The minimum absolute atomic E-state index is 0.607. The smallest absolute Gasteiger partial charge is 0.134 e. The Labute approximate surface area is 95.7 Å². The second kappa shape index (κ2) is 4.54. The molecule has 0 atom stereocenters. The molecule has 0 saturated carbocycles. The molecular formula is C14H17NO. The van der Waals surface area contributed by atoms with Crippen LogP contribution in [0.15, 0.2) is 34.3 Å². The average molecular weight is 215 g/mol. The van der Waals surface area contributed by atoms with Gasteiger partial charge in [0, 0.05) is 17.5 Å². The van der Waals surface area contributed by atoms with Crippen molar-refractivity contribution in [2.24, 2.45) is 5.73 Å². The van der Waals surface area contributed by atoms with Crippen molar-refractivity contribution >= 4 is 17.0 Å². The monoisotopic (exact) mass is 215 g/mol. The highest BCUT2D eigenvalue weighted by Gasteiger charge is 2.08. The van der Waals surface area contributed by atoms with Gasteiger partial charge in [-0.05, 0) is 19.4 Å². The zero-order chi connectivity index (χ0) is 11.5. The third kappa shape index (κ3) is 1.89. The first-order chi connectivity index (χ1) is 7.76. The molecule has 1 aromatic carbocycles. The molecule has 2 nitrogen and oxygen atoms in total. The van der Waals surface area contributed by atoms with Crippen molar-refractivity contribution in [3.8, 4) is 0 Å². The van der Waals surface area contributed by atoms with Crippen LogP contribution in [-0.2, 0) is 0 Å². The molecule has 1 heterocycles. The van der Waals surface area contributed by atoms with Crippen LogP contribution >= 0.6 is 0 Å². The second-order valence-corrected chi connectivity index (χ2v) is 3.93. The van der Waals surface area contributed by atoms with E-state index >= 15 is 0 Å². The molecule has 84 valence electrons. The number of aryl methyl sites for hydroxylation is 1. The van der Waals surface area contributed by atoms with Crippen molar-refractivity contribution in [3.05, 3.63) is 41.2 Å². The Balaban J connectivity index is 2.59. The minimum Gasteiger partial charge on any atom is -0.461 e. The summed E-state index contributed by atoms with van der Waals surface area (Å²) in [5.41, 5.74) is 9.05. The number of benzene rings is 1. The SMILES string of the molecule is CC/C(=C/c1c(C)oc2ccccc12)CN. The summed E-state index contributed by atoms with van der Waals surface area (Å²) >= 11 is 0. The van der Waals surface area contributed by atoms with E-state index in [9.17, 15) is 0 Å². The Hall–Kier alpha value is -1.54. The Morgan fingerprint density at radius 2 is 2.12 bits per heavy atom. The molecule has 0 aliphatic heterocycles. The van der Waals surface area contributed by atoms with Gasteiger partial charge in [-0.2, -0.15) is 0 Å². The van der Waals surface area contributed by atoms with Gasteiger partial charge in [0.25, 0.3) is 0 Å². The maximum absolute atomic E-state index is 5.70. The molecule has 0 spiro atoms. The van der Waals surface area contributed by atoms with Gasteiger partial charge in [0.15, 0.2) is 0 Å². The molecule has 0 unspecified atom stereocenters. The summed E-state index contributed by atoms with van der Waals surface area (Å²) in [5.74, 6) is 0.959. The van der Waals surface area contributed by atoms with Gasteiger partial charge >= 0.3 is 0 Å². The summed E-state index contributed by atoms with van der Waals surface area (Å²) < 4.78 is 5.70. The predicted molar refractivity (Wildman–Crippen MR) is 68.3 cm³/mol. The second-order valence-electron chi connectivity index (χ2n) is 3.93. The maximum atomic E-state index is 5.70. The van der Waals surface area contributed by atoms with E-state index in [0.29, 0.717) is 6.54 Å². The molecule has 16 heavy (non-hydrogen) atoms. The molecule has 2 heteroatoms. The van der Waals surface area contributed by atoms with Crippen LogP contribution in [0.25, 0.3) is 17.0 Å². The topological polar surface area (TPSA) is 39.2 Å². The highest BCUT2D eigenvalue weighted by molar-refractivity contribution is 5.88. The highest BCUT2D eigenvalue weighted by Crippen LogP contribution is 2.27. The van der Waals surface area contributed by atoms with Gasteiger partial charge in [-0.15, -0.1) is 0 Å². The molecule has 0 saturated heterocycles. The van der Waals surface area contributed by atoms with Crippen molar-refractivity contribution < 1.29 is 4.42 Å². The number of rotatable bonds is 3. The Kier molecular flexibility index (Phi) is 3.11. The van der Waals surface area contributed by atoms with Gasteiger partial charge in [-0.3, -0.25) is 0 Å². The molecule has 0 bridgehead atoms. The molecule has 0 radical (unpaired) electrons. The van der Waals surface area contributed by atoms with Crippen LogP contribution in [0.5, 0.6) is 0 Å². The number of hydrogen-bond acceptors (Lipinski definition) is 2. The van der Waals surface area contributed by atoms with Crippen LogP contribution in [-0.4, -0.2) is 6.54 Å². The molecular weight excluding hydrogens is 198 g/mol. The fraction of sp³-hybridized carbons (Fsp3) is 0.286. The fourth-order valence-electron chi connectivity index (χ4n) is 1.88. The Bertz CT molecular complexity index is 517. The van der Waals surface area contributed by atoms with E-state index in [-0.39, 0.29) is 0 Å². The van der Waals surface area contributed by atoms with E-state index in [4.69, 9.17) is 10.2 Å². The zero-order valence-electron chi connectivity index (χ0n) is 9.79. The molecule has 0 fully saturated rings. The van der Waals surface area contributed by atoms with Gasteiger partial charge in [-0.1, -0.05) is 36.8 Å². The summed E-state index contributed by atoms with van der Waals surface area (Å²) in [6, 6.07) is 8.10. The first kappa shape index (κ1) is 11.0. The number of furan rings is 1. The average Bonchev–Trinajstić information content (AvgIpc) is 2.62. The summed E-state index contributed by atoms with van der Waals surface area (Å²) in [5, 5.41) is 1.17. The Morgan fingerprint density at radius 1 is 1.38 bits per heavy atom. The van der Waals surface area contributed by atoms with Crippen molar-refractivity contribution in [2.75, 3.05) is 6.54 Å². The van der Waals surface area contributed by atoms with Crippen LogP contribution in [0.2, 0.25) is 0 Å². The molecule has 1 aromatic heterocycles. The van der Waals surface area contributed by atoms with E-state index in [1.54, 1.807) is 0 Å². The van der Waals surface area contributed by atoms with Crippen molar-refractivity contribution in [1.29, 1.82) is 0 Å². The molecule has 0 amide bonds. The van der Waals surface area contributed by atoms with Gasteiger partial charge in [-0.25, -0.2) is 0 Å². The van der Waals surface area contributed by atoms with E-state index in [0.717, 1.165) is 23.3 Å². The lowest BCUT2D eigenvalue weighted by Crippen LogP contribution is -2.01. The van der Waals surface area contributed by atoms with Crippen LogP contribution in [0.3, 0.4) is 0 Å². The Morgan fingerprint density at radius 3 is 2.81 bits per heavy atom. The van der Waals surface area contributed by atoms with Gasteiger partial charge < -0.3 is 10.2 Å². The van der Waals surface area contributed by atoms with Crippen LogP contribution in [0.4, 0.5) is 0 Å². The largest absolute Gasteiger partial charge is 0.461 e. The van der Waals surface area contributed by atoms with E-state index in [2.05, 4.69) is 19.1 Å². The van der Waals surface area contributed by atoms with Crippen molar-refractivity contribution in [1.82, 2.24) is 0 Å². The van der Waals surface area contributed by atoms with Crippen molar-refractivity contribution in [2.45, 2.75) is 20.3 Å². The van der Waals surface area contributed by atoms with E-state index in [1.807, 2.05) is 25.1 Å². The predicted octanol–water partition coefficient (Wildman–Crippen LogP) is 3.49. The fourth-order valence-corrected chi connectivity index (χ4v) is 1.88. The lowest BCUT2D eigenvalue weighted by atomic mass is 10.1. The third-order valence-corrected chi connectivity index (χ3v) is 2.88. The highest BCUT2D eigenvalue weighted by atomic mass is 16.3. The first-order valence-electron chi connectivity index (χ1n) is 5.64. The van der Waals surface area contributed by atoms with Gasteiger partial charge in [0.1, 0.15) is 11.3 Å². The standard InChI is InChI=1S/C14H17NO/c1-3-11(9-15)8-13-10(2)16-14-7-5-4-6-12(13)14/h4-8H,3,9,15H2,1-2H3/b11-8-.